The number of rotatable bonds is 5. The van der Waals surface area contributed by atoms with Crippen LogP contribution in [-0.4, -0.2) is 39.0 Å². The highest BCUT2D eigenvalue weighted by Gasteiger charge is 2.35. The van der Waals surface area contributed by atoms with Crippen molar-refractivity contribution in [1.82, 2.24) is 4.31 Å². The van der Waals surface area contributed by atoms with Crippen molar-refractivity contribution in [2.45, 2.75) is 43.5 Å². The molecule has 1 heterocycles. The molecule has 0 saturated carbocycles. The van der Waals surface area contributed by atoms with Gasteiger partial charge < -0.3 is 4.74 Å². The maximum absolute atomic E-state index is 12.7. The van der Waals surface area contributed by atoms with Crippen LogP contribution in [-0.2, 0) is 14.8 Å². The predicted octanol–water partition coefficient (Wildman–Crippen LogP) is 2.61. The SMILES string of the molecule is COCC1CCCN1S(=O)(=O)c1ccc(C(C)C)cc1. The molecular weight excluding hydrogens is 274 g/mol. The van der Waals surface area contributed by atoms with Crippen LogP contribution in [0.2, 0.25) is 0 Å². The van der Waals surface area contributed by atoms with Crippen LogP contribution >= 0.6 is 0 Å². The number of hydrogen-bond acceptors (Lipinski definition) is 3. The molecule has 0 aliphatic carbocycles. The van der Waals surface area contributed by atoms with E-state index in [1.54, 1.807) is 23.5 Å². The molecule has 1 aromatic rings. The molecule has 0 amide bonds. The molecular formula is C15H23NO3S. The van der Waals surface area contributed by atoms with E-state index in [2.05, 4.69) is 13.8 Å². The van der Waals surface area contributed by atoms with E-state index in [0.29, 0.717) is 24.0 Å². The Labute approximate surface area is 121 Å². The largest absolute Gasteiger partial charge is 0.383 e. The maximum Gasteiger partial charge on any atom is 0.243 e. The van der Waals surface area contributed by atoms with E-state index in [0.717, 1.165) is 18.4 Å². The topological polar surface area (TPSA) is 46.6 Å². The molecule has 0 aromatic heterocycles. The molecule has 5 heteroatoms. The van der Waals surface area contributed by atoms with Gasteiger partial charge in [-0.2, -0.15) is 4.31 Å². The smallest absolute Gasteiger partial charge is 0.243 e. The van der Waals surface area contributed by atoms with Gasteiger partial charge in [-0.05, 0) is 36.5 Å². The van der Waals surface area contributed by atoms with Gasteiger partial charge in [0.2, 0.25) is 10.0 Å². The first kappa shape index (κ1) is 15.5. The van der Waals surface area contributed by atoms with E-state index in [4.69, 9.17) is 4.74 Å². The molecule has 1 atom stereocenters. The zero-order chi connectivity index (χ0) is 14.8. The van der Waals surface area contributed by atoms with E-state index in [1.165, 1.54) is 0 Å². The van der Waals surface area contributed by atoms with Gasteiger partial charge in [-0.25, -0.2) is 8.42 Å². The van der Waals surface area contributed by atoms with Gasteiger partial charge in [0.1, 0.15) is 0 Å². The monoisotopic (exact) mass is 297 g/mol. The van der Waals surface area contributed by atoms with Crippen molar-refractivity contribution in [2.75, 3.05) is 20.3 Å². The molecule has 0 bridgehead atoms. The fourth-order valence-corrected chi connectivity index (χ4v) is 4.32. The van der Waals surface area contributed by atoms with Crippen molar-refractivity contribution in [2.24, 2.45) is 0 Å². The average molecular weight is 297 g/mol. The van der Waals surface area contributed by atoms with Crippen molar-refractivity contribution >= 4 is 10.0 Å². The first-order valence-corrected chi connectivity index (χ1v) is 8.51. The Balaban J connectivity index is 2.25. The summed E-state index contributed by atoms with van der Waals surface area (Å²) in [6.07, 6.45) is 1.77. The van der Waals surface area contributed by atoms with Gasteiger partial charge in [0.05, 0.1) is 11.5 Å². The quantitative estimate of drug-likeness (QED) is 0.839. The van der Waals surface area contributed by atoms with Gasteiger partial charge in [-0.3, -0.25) is 0 Å². The number of benzene rings is 1. The van der Waals surface area contributed by atoms with Crippen LogP contribution in [0.5, 0.6) is 0 Å². The van der Waals surface area contributed by atoms with Crippen molar-refractivity contribution in [3.63, 3.8) is 0 Å². The van der Waals surface area contributed by atoms with Gasteiger partial charge in [0.15, 0.2) is 0 Å². The van der Waals surface area contributed by atoms with E-state index >= 15 is 0 Å². The van der Waals surface area contributed by atoms with Gasteiger partial charge in [-0.1, -0.05) is 26.0 Å². The summed E-state index contributed by atoms with van der Waals surface area (Å²) in [7, 11) is -1.79. The lowest BCUT2D eigenvalue weighted by Gasteiger charge is -2.23. The highest BCUT2D eigenvalue weighted by molar-refractivity contribution is 7.89. The minimum absolute atomic E-state index is 0.0326. The Morgan fingerprint density at radius 2 is 1.95 bits per heavy atom. The van der Waals surface area contributed by atoms with E-state index in [1.807, 2.05) is 12.1 Å². The second-order valence-corrected chi connectivity index (χ2v) is 7.48. The molecule has 0 radical (unpaired) electrons. The molecule has 4 nitrogen and oxygen atoms in total. The summed E-state index contributed by atoms with van der Waals surface area (Å²) in [6, 6.07) is 7.20. The number of hydrogen-bond donors (Lipinski definition) is 0. The van der Waals surface area contributed by atoms with Crippen LogP contribution in [0.3, 0.4) is 0 Å². The summed E-state index contributed by atoms with van der Waals surface area (Å²) in [5.41, 5.74) is 1.15. The Kier molecular flexibility index (Phi) is 4.83. The first-order valence-electron chi connectivity index (χ1n) is 7.07. The normalized spacial score (nSPS) is 20.7. The Morgan fingerprint density at radius 3 is 2.50 bits per heavy atom. The summed E-state index contributed by atoms with van der Waals surface area (Å²) < 4.78 is 32.1. The molecule has 1 saturated heterocycles. The third-order valence-corrected chi connectivity index (χ3v) is 5.80. The highest BCUT2D eigenvalue weighted by atomic mass is 32.2. The summed E-state index contributed by atoms with van der Waals surface area (Å²) in [5.74, 6) is 0.403. The highest BCUT2D eigenvalue weighted by Crippen LogP contribution is 2.27. The number of nitrogens with zero attached hydrogens (tertiary/aromatic N) is 1. The lowest BCUT2D eigenvalue weighted by atomic mass is 10.0. The summed E-state index contributed by atoms with van der Waals surface area (Å²) >= 11 is 0. The van der Waals surface area contributed by atoms with Crippen LogP contribution in [0.15, 0.2) is 29.2 Å². The fourth-order valence-electron chi connectivity index (χ4n) is 2.64. The lowest BCUT2D eigenvalue weighted by molar-refractivity contribution is 0.149. The second-order valence-electron chi connectivity index (χ2n) is 5.59. The van der Waals surface area contributed by atoms with Gasteiger partial charge in [-0.15, -0.1) is 0 Å². The number of ether oxygens (including phenoxy) is 1. The van der Waals surface area contributed by atoms with Crippen LogP contribution in [0.1, 0.15) is 38.2 Å². The van der Waals surface area contributed by atoms with Crippen LogP contribution in [0.4, 0.5) is 0 Å². The van der Waals surface area contributed by atoms with Crippen LogP contribution in [0.25, 0.3) is 0 Å². The Hall–Kier alpha value is -0.910. The Morgan fingerprint density at radius 1 is 1.30 bits per heavy atom. The van der Waals surface area contributed by atoms with Crippen molar-refractivity contribution in [1.29, 1.82) is 0 Å². The van der Waals surface area contributed by atoms with Crippen LogP contribution < -0.4 is 0 Å². The van der Waals surface area contributed by atoms with Crippen LogP contribution in [0, 0.1) is 0 Å². The molecule has 1 fully saturated rings. The van der Waals surface area contributed by atoms with E-state index < -0.39 is 10.0 Å². The lowest BCUT2D eigenvalue weighted by Crippen LogP contribution is -2.38. The summed E-state index contributed by atoms with van der Waals surface area (Å²) in [5, 5.41) is 0. The molecule has 1 aliphatic heterocycles. The molecule has 20 heavy (non-hydrogen) atoms. The van der Waals surface area contributed by atoms with E-state index in [9.17, 15) is 8.42 Å². The third kappa shape index (κ3) is 3.05. The predicted molar refractivity (Wildman–Crippen MR) is 79.3 cm³/mol. The average Bonchev–Trinajstić information content (AvgIpc) is 2.88. The van der Waals surface area contributed by atoms with Gasteiger partial charge in [0, 0.05) is 19.7 Å². The number of methoxy groups -OCH3 is 1. The van der Waals surface area contributed by atoms with Crippen molar-refractivity contribution < 1.29 is 13.2 Å². The fraction of sp³-hybridized carbons (Fsp3) is 0.600. The molecule has 0 spiro atoms. The van der Waals surface area contributed by atoms with Crippen molar-refractivity contribution in [3.05, 3.63) is 29.8 Å². The Bertz CT molecular complexity index is 537. The zero-order valence-electron chi connectivity index (χ0n) is 12.4. The minimum atomic E-state index is -3.40. The molecule has 1 aromatic carbocycles. The molecule has 2 rings (SSSR count). The second kappa shape index (κ2) is 6.24. The molecule has 112 valence electrons. The first-order chi connectivity index (χ1) is 9.46. The third-order valence-electron chi connectivity index (χ3n) is 3.84. The minimum Gasteiger partial charge on any atom is -0.383 e. The van der Waals surface area contributed by atoms with Gasteiger partial charge >= 0.3 is 0 Å². The zero-order valence-corrected chi connectivity index (χ0v) is 13.2. The summed E-state index contributed by atoms with van der Waals surface area (Å²) in [4.78, 5) is 0.380. The molecule has 0 N–H and O–H groups in total. The van der Waals surface area contributed by atoms with Gasteiger partial charge in [0.25, 0.3) is 0 Å². The number of sulfonamides is 1. The standard InChI is InChI=1S/C15H23NO3S/c1-12(2)13-6-8-15(9-7-13)20(17,18)16-10-4-5-14(16)11-19-3/h6-9,12,14H,4-5,10-11H2,1-3H3. The van der Waals surface area contributed by atoms with Crippen molar-refractivity contribution in [3.8, 4) is 0 Å². The molecule has 1 aliphatic rings. The summed E-state index contributed by atoms with van der Waals surface area (Å²) in [6.45, 7) is 5.24. The van der Waals surface area contributed by atoms with E-state index in [-0.39, 0.29) is 6.04 Å². The maximum atomic E-state index is 12.7. The molecule has 1 unspecified atom stereocenters.